The molecule has 0 bridgehead atoms. The Hall–Kier alpha value is -2.10. The first-order valence-corrected chi connectivity index (χ1v) is 10.1. The molecule has 164 valence electrons. The van der Waals surface area contributed by atoms with E-state index in [2.05, 4.69) is 12.2 Å². The van der Waals surface area contributed by atoms with Gasteiger partial charge in [-0.15, -0.1) is 0 Å². The second-order valence-electron chi connectivity index (χ2n) is 6.49. The number of ketones is 1. The van der Waals surface area contributed by atoms with E-state index in [1.54, 1.807) is 0 Å². The third-order valence-electron chi connectivity index (χ3n) is 4.11. The molecule has 0 fully saturated rings. The summed E-state index contributed by atoms with van der Waals surface area (Å²) in [6, 6.07) is 0. The van der Waals surface area contributed by atoms with Crippen LogP contribution in [0.3, 0.4) is 0 Å². The van der Waals surface area contributed by atoms with E-state index in [0.717, 1.165) is 17.7 Å². The lowest BCUT2D eigenvalue weighted by atomic mass is 10.1. The Balaban J connectivity index is 1.83. The molecule has 1 rings (SSSR count). The molecule has 29 heavy (non-hydrogen) atoms. The third-order valence-corrected chi connectivity index (χ3v) is 4.11. The Labute approximate surface area is 171 Å². The lowest BCUT2D eigenvalue weighted by molar-refractivity contribution is -0.137. The fourth-order valence-corrected chi connectivity index (χ4v) is 2.44. The second kappa shape index (κ2) is 15.8. The summed E-state index contributed by atoms with van der Waals surface area (Å²) in [5.41, 5.74) is 0. The predicted octanol–water partition coefficient (Wildman–Crippen LogP) is 0.617. The van der Waals surface area contributed by atoms with Crippen molar-refractivity contribution >= 4 is 23.5 Å². The quantitative estimate of drug-likeness (QED) is 0.259. The van der Waals surface area contributed by atoms with Crippen molar-refractivity contribution in [3.63, 3.8) is 0 Å². The zero-order valence-electron chi connectivity index (χ0n) is 17.2. The number of nitrogens with one attached hydrogen (secondary N) is 1. The number of rotatable bonds is 18. The van der Waals surface area contributed by atoms with Crippen molar-refractivity contribution in [3.8, 4) is 0 Å². The number of nitrogens with zero attached hydrogens (tertiary/aromatic N) is 1. The predicted molar refractivity (Wildman–Crippen MR) is 105 cm³/mol. The molecule has 0 radical (unpaired) electrons. The summed E-state index contributed by atoms with van der Waals surface area (Å²) in [5, 5.41) is 2.66. The van der Waals surface area contributed by atoms with Crippen molar-refractivity contribution in [2.45, 2.75) is 39.0 Å². The van der Waals surface area contributed by atoms with Crippen LogP contribution in [0.5, 0.6) is 0 Å². The van der Waals surface area contributed by atoms with E-state index in [-0.39, 0.29) is 24.7 Å². The van der Waals surface area contributed by atoms with Crippen molar-refractivity contribution in [3.05, 3.63) is 12.2 Å². The van der Waals surface area contributed by atoms with Gasteiger partial charge in [-0.1, -0.05) is 13.3 Å². The van der Waals surface area contributed by atoms with Crippen LogP contribution in [0, 0.1) is 0 Å². The smallest absolute Gasteiger partial charge is 0.253 e. The minimum Gasteiger partial charge on any atom is -0.379 e. The summed E-state index contributed by atoms with van der Waals surface area (Å²) >= 11 is 0. The molecule has 3 amide bonds. The van der Waals surface area contributed by atoms with Crippen molar-refractivity contribution in [1.29, 1.82) is 0 Å². The Morgan fingerprint density at radius 3 is 2.07 bits per heavy atom. The summed E-state index contributed by atoms with van der Waals surface area (Å²) in [4.78, 5) is 46.8. The van der Waals surface area contributed by atoms with Crippen LogP contribution >= 0.6 is 0 Å². The second-order valence-corrected chi connectivity index (χ2v) is 6.49. The number of carbonyl (C=O) groups excluding carboxylic acids is 4. The number of carbonyl (C=O) groups is 4. The van der Waals surface area contributed by atoms with E-state index in [9.17, 15) is 19.2 Å². The molecule has 9 heteroatoms. The molecule has 0 aromatic rings. The average Bonchev–Trinajstić information content (AvgIpc) is 3.03. The number of unbranched alkanes of at least 4 members (excludes halogenated alkanes) is 1. The molecule has 0 unspecified atom stereocenters. The van der Waals surface area contributed by atoms with Gasteiger partial charge in [0.15, 0.2) is 0 Å². The van der Waals surface area contributed by atoms with Gasteiger partial charge in [-0.25, -0.2) is 0 Å². The van der Waals surface area contributed by atoms with E-state index >= 15 is 0 Å². The molecule has 0 saturated heterocycles. The molecule has 0 aromatic carbocycles. The molecular formula is C20H32N2O7. The Kier molecular flexibility index (Phi) is 13.6. The van der Waals surface area contributed by atoms with Gasteiger partial charge in [0.05, 0.1) is 39.6 Å². The lowest BCUT2D eigenvalue weighted by Gasteiger charge is -2.13. The van der Waals surface area contributed by atoms with Crippen LogP contribution in [0.2, 0.25) is 0 Å². The van der Waals surface area contributed by atoms with Crippen LogP contribution in [-0.2, 0) is 33.4 Å². The number of hydrogen-bond acceptors (Lipinski definition) is 7. The van der Waals surface area contributed by atoms with Crippen LogP contribution in [0.4, 0.5) is 0 Å². The van der Waals surface area contributed by atoms with Crippen LogP contribution in [-0.4, -0.2) is 81.1 Å². The topological polar surface area (TPSA) is 111 Å². The monoisotopic (exact) mass is 412 g/mol. The van der Waals surface area contributed by atoms with Gasteiger partial charge >= 0.3 is 0 Å². The molecule has 1 heterocycles. The van der Waals surface area contributed by atoms with Crippen LogP contribution in [0.1, 0.15) is 39.0 Å². The maximum atomic E-state index is 11.7. The Morgan fingerprint density at radius 2 is 1.45 bits per heavy atom. The number of amides is 3. The highest BCUT2D eigenvalue weighted by Crippen LogP contribution is 2.03. The van der Waals surface area contributed by atoms with Crippen LogP contribution in [0.25, 0.3) is 0 Å². The number of Topliss-reactive ketones (excluding diaryl/α,β-unsaturated/α-hetero) is 1. The molecule has 0 aliphatic carbocycles. The van der Waals surface area contributed by atoms with E-state index in [1.165, 1.54) is 12.2 Å². The summed E-state index contributed by atoms with van der Waals surface area (Å²) < 4.78 is 16.0. The molecule has 0 spiro atoms. The van der Waals surface area contributed by atoms with Crippen molar-refractivity contribution < 1.29 is 33.4 Å². The minimum atomic E-state index is -0.392. The van der Waals surface area contributed by atoms with E-state index < -0.39 is 11.8 Å². The van der Waals surface area contributed by atoms with Gasteiger partial charge in [-0.05, 0) is 6.42 Å². The fourth-order valence-electron chi connectivity index (χ4n) is 2.44. The summed E-state index contributed by atoms with van der Waals surface area (Å²) in [6.07, 6.45) is 5.49. The van der Waals surface area contributed by atoms with Gasteiger partial charge in [0.1, 0.15) is 5.78 Å². The number of ether oxygens (including phenoxy) is 3. The number of hydrogen-bond donors (Lipinski definition) is 1. The lowest BCUT2D eigenvalue weighted by Crippen LogP contribution is -2.35. The average molecular weight is 412 g/mol. The first kappa shape index (κ1) is 24.9. The molecule has 0 saturated carbocycles. The zero-order chi connectivity index (χ0) is 21.3. The minimum absolute atomic E-state index is 0.0620. The van der Waals surface area contributed by atoms with Gasteiger partial charge < -0.3 is 19.5 Å². The largest absolute Gasteiger partial charge is 0.379 e. The summed E-state index contributed by atoms with van der Waals surface area (Å²) in [5.74, 6) is -0.792. The molecule has 0 aromatic heterocycles. The fraction of sp³-hybridized carbons (Fsp3) is 0.700. The molecule has 0 atom stereocenters. The van der Waals surface area contributed by atoms with Crippen molar-refractivity contribution in [1.82, 2.24) is 10.2 Å². The highest BCUT2D eigenvalue weighted by atomic mass is 16.5. The normalized spacial score (nSPS) is 13.3. The van der Waals surface area contributed by atoms with Gasteiger partial charge in [-0.2, -0.15) is 0 Å². The Bertz CT molecular complexity index is 545. The number of imide groups is 1. The summed E-state index contributed by atoms with van der Waals surface area (Å²) in [6.45, 7) is 4.93. The summed E-state index contributed by atoms with van der Waals surface area (Å²) in [7, 11) is 0. The highest BCUT2D eigenvalue weighted by molar-refractivity contribution is 6.13. The maximum absolute atomic E-state index is 11.7. The zero-order valence-corrected chi connectivity index (χ0v) is 17.2. The van der Waals surface area contributed by atoms with Gasteiger partial charge in [0, 0.05) is 44.5 Å². The molecule has 1 N–H and O–H groups in total. The van der Waals surface area contributed by atoms with Gasteiger partial charge in [0.25, 0.3) is 11.8 Å². The molecular weight excluding hydrogens is 380 g/mol. The van der Waals surface area contributed by atoms with Gasteiger partial charge in [-0.3, -0.25) is 24.1 Å². The highest BCUT2D eigenvalue weighted by Gasteiger charge is 2.23. The SMILES string of the molecule is CCCCC(=O)CCOCCOCCOCCNC(=O)CCN1C(=O)C=CC1=O. The van der Waals surface area contributed by atoms with Crippen LogP contribution in [0.15, 0.2) is 12.2 Å². The van der Waals surface area contributed by atoms with Crippen LogP contribution < -0.4 is 5.32 Å². The molecule has 9 nitrogen and oxygen atoms in total. The first-order valence-electron chi connectivity index (χ1n) is 10.1. The van der Waals surface area contributed by atoms with Gasteiger partial charge in [0.2, 0.25) is 5.91 Å². The maximum Gasteiger partial charge on any atom is 0.253 e. The Morgan fingerprint density at radius 1 is 0.862 bits per heavy atom. The van der Waals surface area contributed by atoms with Crippen molar-refractivity contribution in [2.75, 3.05) is 52.7 Å². The van der Waals surface area contributed by atoms with E-state index in [1.807, 2.05) is 0 Å². The van der Waals surface area contributed by atoms with E-state index in [0.29, 0.717) is 59.0 Å². The standard InChI is InChI=1S/C20H32N2O7/c1-2-3-4-17(23)8-11-27-13-15-29-16-14-28-12-9-21-18(24)7-10-22-19(25)5-6-20(22)26/h5-6H,2-4,7-16H2,1H3,(H,21,24). The molecule has 1 aliphatic rings. The van der Waals surface area contributed by atoms with Crippen molar-refractivity contribution in [2.24, 2.45) is 0 Å². The van der Waals surface area contributed by atoms with E-state index in [4.69, 9.17) is 14.2 Å². The third kappa shape index (κ3) is 12.1. The molecule has 1 aliphatic heterocycles. The first-order chi connectivity index (χ1) is 14.0.